The Morgan fingerprint density at radius 2 is 1.86 bits per heavy atom. The lowest BCUT2D eigenvalue weighted by Gasteiger charge is -2.30. The quantitative estimate of drug-likeness (QED) is 0.926. The minimum absolute atomic E-state index is 0.226. The Morgan fingerprint density at radius 3 is 2.55 bits per heavy atom. The highest BCUT2D eigenvalue weighted by Gasteiger charge is 2.25. The Kier molecular flexibility index (Phi) is 5.03. The molecule has 120 valence electrons. The van der Waals surface area contributed by atoms with E-state index in [1.165, 1.54) is 32.1 Å². The van der Waals surface area contributed by atoms with Crippen molar-refractivity contribution < 1.29 is 9.90 Å². The van der Waals surface area contributed by atoms with Crippen molar-refractivity contribution in [2.45, 2.75) is 57.4 Å². The minimum atomic E-state index is -0.673. The average Bonchev–Trinajstić information content (AvgIpc) is 2.56. The Morgan fingerprint density at radius 1 is 1.14 bits per heavy atom. The van der Waals surface area contributed by atoms with Gasteiger partial charge in [0.05, 0.1) is 5.92 Å². The zero-order valence-electron chi connectivity index (χ0n) is 13.1. The summed E-state index contributed by atoms with van der Waals surface area (Å²) in [6.07, 6.45) is 12.0. The summed E-state index contributed by atoms with van der Waals surface area (Å²) in [5.41, 5.74) is 1.09. The number of aromatic nitrogens is 2. The molecule has 1 aromatic heterocycles. The number of aliphatic carboxylic acids is 1. The van der Waals surface area contributed by atoms with Crippen molar-refractivity contribution in [2.75, 3.05) is 13.1 Å². The second-order valence-corrected chi connectivity index (χ2v) is 6.70. The maximum atomic E-state index is 11.1. The first-order valence-corrected chi connectivity index (χ1v) is 8.48. The Bertz CT molecular complexity index is 497. The largest absolute Gasteiger partial charge is 0.481 e. The first-order valence-electron chi connectivity index (χ1n) is 8.48. The number of likely N-dealkylation sites (tertiary alicyclic amines) is 1. The van der Waals surface area contributed by atoms with Crippen LogP contribution in [0.25, 0.3) is 0 Å². The van der Waals surface area contributed by atoms with Gasteiger partial charge in [0.25, 0.3) is 0 Å². The Balaban J connectivity index is 1.57. The number of piperidine rings is 1. The molecule has 5 nitrogen and oxygen atoms in total. The van der Waals surface area contributed by atoms with E-state index >= 15 is 0 Å². The zero-order valence-corrected chi connectivity index (χ0v) is 13.1. The molecule has 2 fully saturated rings. The molecule has 0 amide bonds. The molecule has 0 bridgehead atoms. The summed E-state index contributed by atoms with van der Waals surface area (Å²) in [6, 6.07) is 0. The van der Waals surface area contributed by atoms with Crippen LogP contribution < -0.4 is 0 Å². The summed E-state index contributed by atoms with van der Waals surface area (Å²) in [4.78, 5) is 22.5. The van der Waals surface area contributed by atoms with Crippen LogP contribution >= 0.6 is 0 Å². The van der Waals surface area contributed by atoms with E-state index in [0.717, 1.165) is 37.3 Å². The van der Waals surface area contributed by atoms with Crippen LogP contribution in [-0.4, -0.2) is 39.0 Å². The van der Waals surface area contributed by atoms with Gasteiger partial charge in [0.2, 0.25) is 0 Å². The minimum Gasteiger partial charge on any atom is -0.481 e. The van der Waals surface area contributed by atoms with Gasteiger partial charge in [0.1, 0.15) is 5.82 Å². The van der Waals surface area contributed by atoms with Gasteiger partial charge >= 0.3 is 5.97 Å². The predicted molar refractivity (Wildman–Crippen MR) is 83.5 cm³/mol. The fourth-order valence-electron chi connectivity index (χ4n) is 3.68. The van der Waals surface area contributed by atoms with E-state index in [1.54, 1.807) is 0 Å². The van der Waals surface area contributed by atoms with Gasteiger partial charge in [-0.2, -0.15) is 0 Å². The summed E-state index contributed by atoms with van der Waals surface area (Å²) < 4.78 is 0. The van der Waals surface area contributed by atoms with Crippen LogP contribution in [0.4, 0.5) is 0 Å². The highest BCUT2D eigenvalue weighted by atomic mass is 16.4. The molecule has 0 radical (unpaired) electrons. The number of rotatable bonds is 4. The van der Waals surface area contributed by atoms with E-state index in [9.17, 15) is 4.79 Å². The molecule has 1 aliphatic heterocycles. The van der Waals surface area contributed by atoms with Crippen molar-refractivity contribution >= 4 is 5.97 Å². The fraction of sp³-hybridized carbons (Fsp3) is 0.706. The Hall–Kier alpha value is -1.49. The van der Waals surface area contributed by atoms with Gasteiger partial charge in [-0.3, -0.25) is 9.69 Å². The summed E-state index contributed by atoms with van der Waals surface area (Å²) in [5, 5.41) is 9.15. The van der Waals surface area contributed by atoms with Crippen LogP contribution in [0.2, 0.25) is 0 Å². The van der Waals surface area contributed by atoms with Gasteiger partial charge in [-0.1, -0.05) is 19.3 Å². The number of nitrogens with zero attached hydrogens (tertiary/aromatic N) is 3. The highest BCUT2D eigenvalue weighted by molar-refractivity contribution is 5.70. The van der Waals surface area contributed by atoms with Crippen molar-refractivity contribution in [3.63, 3.8) is 0 Å². The first kappa shape index (κ1) is 15.4. The molecular formula is C17H25N3O2. The molecular weight excluding hydrogens is 278 g/mol. The molecule has 2 heterocycles. The molecule has 1 N–H and O–H groups in total. The van der Waals surface area contributed by atoms with Crippen LogP contribution in [-0.2, 0) is 11.3 Å². The molecule has 0 unspecified atom stereocenters. The molecule has 22 heavy (non-hydrogen) atoms. The first-order chi connectivity index (χ1) is 10.7. The monoisotopic (exact) mass is 303 g/mol. The van der Waals surface area contributed by atoms with E-state index in [1.807, 2.05) is 12.4 Å². The number of hydrogen-bond acceptors (Lipinski definition) is 4. The van der Waals surface area contributed by atoms with Crippen LogP contribution in [0, 0.1) is 5.92 Å². The van der Waals surface area contributed by atoms with Gasteiger partial charge in [-0.05, 0) is 32.2 Å². The summed E-state index contributed by atoms with van der Waals surface area (Å²) in [6.45, 7) is 2.36. The second kappa shape index (κ2) is 7.18. The lowest BCUT2D eigenvalue weighted by Crippen LogP contribution is -2.38. The van der Waals surface area contributed by atoms with E-state index in [0.29, 0.717) is 12.5 Å². The van der Waals surface area contributed by atoms with E-state index in [4.69, 9.17) is 5.11 Å². The van der Waals surface area contributed by atoms with Gasteiger partial charge in [0.15, 0.2) is 0 Å². The average molecular weight is 303 g/mol. The zero-order chi connectivity index (χ0) is 15.4. The summed E-state index contributed by atoms with van der Waals surface area (Å²) in [5.74, 6) is 0.629. The molecule has 1 aliphatic carbocycles. The molecule has 1 aromatic rings. The van der Waals surface area contributed by atoms with Gasteiger partial charge in [-0.15, -0.1) is 0 Å². The Labute approximate surface area is 131 Å². The molecule has 1 saturated heterocycles. The van der Waals surface area contributed by atoms with Crippen molar-refractivity contribution in [1.29, 1.82) is 0 Å². The van der Waals surface area contributed by atoms with Crippen molar-refractivity contribution in [1.82, 2.24) is 14.9 Å². The third-order valence-electron chi connectivity index (χ3n) is 4.96. The number of carboxylic acids is 1. The normalized spacial score (nSPS) is 24.3. The number of hydrogen-bond donors (Lipinski definition) is 1. The lowest BCUT2D eigenvalue weighted by molar-refractivity contribution is -0.143. The maximum absolute atomic E-state index is 11.1. The molecule has 0 aromatic carbocycles. The SMILES string of the molecule is O=C(O)[C@H]1CCCN(Cc2cnc(C3CCCCC3)nc2)C1. The van der Waals surface area contributed by atoms with Crippen molar-refractivity contribution in [3.8, 4) is 0 Å². The molecule has 5 heteroatoms. The van der Waals surface area contributed by atoms with Crippen LogP contribution in [0.15, 0.2) is 12.4 Å². The number of carbonyl (C=O) groups is 1. The summed E-state index contributed by atoms with van der Waals surface area (Å²) >= 11 is 0. The standard InChI is InChI=1S/C17H25N3O2/c21-17(22)15-7-4-8-20(12-15)11-13-9-18-16(19-10-13)14-5-2-1-3-6-14/h9-10,14-15H,1-8,11-12H2,(H,21,22)/t15-/m0/s1. The fourth-order valence-corrected chi connectivity index (χ4v) is 3.68. The molecule has 1 saturated carbocycles. The summed E-state index contributed by atoms with van der Waals surface area (Å²) in [7, 11) is 0. The van der Waals surface area contributed by atoms with Crippen LogP contribution in [0.3, 0.4) is 0 Å². The van der Waals surface area contributed by atoms with E-state index in [2.05, 4.69) is 14.9 Å². The number of carboxylic acid groups (broad SMARTS) is 1. The smallest absolute Gasteiger partial charge is 0.307 e. The van der Waals surface area contributed by atoms with Crippen molar-refractivity contribution in [2.24, 2.45) is 5.92 Å². The van der Waals surface area contributed by atoms with E-state index < -0.39 is 5.97 Å². The molecule has 0 spiro atoms. The van der Waals surface area contributed by atoms with Gasteiger partial charge in [0, 0.05) is 37.0 Å². The van der Waals surface area contributed by atoms with Gasteiger partial charge < -0.3 is 5.11 Å². The third kappa shape index (κ3) is 3.83. The molecule has 1 atom stereocenters. The van der Waals surface area contributed by atoms with Crippen LogP contribution in [0.1, 0.15) is 62.3 Å². The topological polar surface area (TPSA) is 66.3 Å². The maximum Gasteiger partial charge on any atom is 0.307 e. The highest BCUT2D eigenvalue weighted by Crippen LogP contribution is 2.30. The second-order valence-electron chi connectivity index (χ2n) is 6.70. The lowest BCUT2D eigenvalue weighted by atomic mass is 9.89. The van der Waals surface area contributed by atoms with Gasteiger partial charge in [-0.25, -0.2) is 9.97 Å². The molecule has 2 aliphatic rings. The van der Waals surface area contributed by atoms with Crippen molar-refractivity contribution in [3.05, 3.63) is 23.8 Å². The molecule has 3 rings (SSSR count). The van der Waals surface area contributed by atoms with Crippen LogP contribution in [0.5, 0.6) is 0 Å². The third-order valence-corrected chi connectivity index (χ3v) is 4.96. The predicted octanol–water partition coefficient (Wildman–Crippen LogP) is 2.82. The van der Waals surface area contributed by atoms with E-state index in [-0.39, 0.29) is 5.92 Å².